The minimum absolute atomic E-state index is 0. The van der Waals surface area contributed by atoms with E-state index in [-0.39, 0.29) is 40.2 Å². The van der Waals surface area contributed by atoms with Crippen molar-refractivity contribution in [2.45, 2.75) is 38.7 Å². The molecule has 5 nitrogen and oxygen atoms in total. The van der Waals surface area contributed by atoms with Crippen LogP contribution in [-0.4, -0.2) is 43.8 Å². The third-order valence-electron chi connectivity index (χ3n) is 3.44. The number of benzene rings is 1. The highest BCUT2D eigenvalue weighted by Gasteiger charge is 2.16. The molecule has 0 heterocycles. The van der Waals surface area contributed by atoms with Crippen LogP contribution in [0.2, 0.25) is 0 Å². The van der Waals surface area contributed by atoms with Gasteiger partial charge in [0.05, 0.1) is 13.7 Å². The van der Waals surface area contributed by atoms with Gasteiger partial charge in [0.2, 0.25) is 0 Å². The summed E-state index contributed by atoms with van der Waals surface area (Å²) >= 11 is 1.77. The van der Waals surface area contributed by atoms with Crippen molar-refractivity contribution >= 4 is 41.7 Å². The summed E-state index contributed by atoms with van der Waals surface area (Å²) in [6.07, 6.45) is 2.06. The minimum Gasteiger partial charge on any atom is -0.493 e. The van der Waals surface area contributed by atoms with E-state index in [1.54, 1.807) is 23.9 Å². The lowest BCUT2D eigenvalue weighted by molar-refractivity contribution is -0.0512. The Labute approximate surface area is 175 Å². The maximum Gasteiger partial charge on any atom is 0.387 e. The maximum atomic E-state index is 12.5. The van der Waals surface area contributed by atoms with E-state index in [1.165, 1.54) is 13.2 Å². The highest BCUT2D eigenvalue weighted by molar-refractivity contribution is 14.0. The van der Waals surface area contributed by atoms with Crippen molar-refractivity contribution in [1.29, 1.82) is 0 Å². The van der Waals surface area contributed by atoms with Crippen molar-refractivity contribution in [2.24, 2.45) is 4.99 Å². The number of thioether (sulfide) groups is 1. The van der Waals surface area contributed by atoms with Gasteiger partial charge in [0, 0.05) is 17.8 Å². The fourth-order valence-corrected chi connectivity index (χ4v) is 2.10. The van der Waals surface area contributed by atoms with Crippen LogP contribution >= 0.6 is 35.7 Å². The molecule has 0 spiro atoms. The molecule has 0 amide bonds. The summed E-state index contributed by atoms with van der Waals surface area (Å²) in [4.78, 5) is 4.50. The molecule has 0 fully saturated rings. The maximum absolute atomic E-state index is 12.5. The zero-order valence-corrected chi connectivity index (χ0v) is 18.9. The van der Waals surface area contributed by atoms with Crippen LogP contribution in [0.25, 0.3) is 0 Å². The Kier molecular flexibility index (Phi) is 12.0. The van der Waals surface area contributed by atoms with Gasteiger partial charge in [-0.05, 0) is 44.7 Å². The molecular weight excluding hydrogens is 475 g/mol. The number of alkyl halides is 2. The molecule has 26 heavy (non-hydrogen) atoms. The third kappa shape index (κ3) is 9.11. The number of guanidine groups is 1. The molecule has 0 aliphatic heterocycles. The monoisotopic (exact) mass is 503 g/mol. The van der Waals surface area contributed by atoms with E-state index in [4.69, 9.17) is 4.74 Å². The molecule has 0 bridgehead atoms. The van der Waals surface area contributed by atoms with Gasteiger partial charge in [0.1, 0.15) is 0 Å². The van der Waals surface area contributed by atoms with Gasteiger partial charge >= 0.3 is 6.61 Å². The summed E-state index contributed by atoms with van der Waals surface area (Å²) in [6.45, 7) is 5.19. The molecule has 1 aromatic rings. The highest BCUT2D eigenvalue weighted by Crippen LogP contribution is 2.29. The molecule has 1 rings (SSSR count). The van der Waals surface area contributed by atoms with Crippen LogP contribution in [0.4, 0.5) is 8.78 Å². The van der Waals surface area contributed by atoms with E-state index < -0.39 is 6.61 Å². The molecule has 150 valence electrons. The van der Waals surface area contributed by atoms with Crippen LogP contribution < -0.4 is 20.1 Å². The zero-order valence-electron chi connectivity index (χ0n) is 15.8. The molecule has 0 aliphatic rings. The predicted molar refractivity (Wildman–Crippen MR) is 115 cm³/mol. The largest absolute Gasteiger partial charge is 0.493 e. The van der Waals surface area contributed by atoms with E-state index in [2.05, 4.69) is 40.5 Å². The van der Waals surface area contributed by atoms with E-state index in [0.717, 1.165) is 18.7 Å². The van der Waals surface area contributed by atoms with Crippen molar-refractivity contribution in [2.75, 3.05) is 26.5 Å². The van der Waals surface area contributed by atoms with Gasteiger partial charge < -0.3 is 20.1 Å². The Morgan fingerprint density at radius 1 is 1.27 bits per heavy atom. The first-order valence-electron chi connectivity index (χ1n) is 8.00. The standard InChI is InChI=1S/C17H27F2N3O2S.HI/c1-6-20-16(22-11-17(2,3)25-5)21-10-12-7-8-13(23-4)14(9-12)24-15(18)19;/h7-9,15H,6,10-11H2,1-5H3,(H2,20,21,22);1H. The average molecular weight is 503 g/mol. The van der Waals surface area contributed by atoms with E-state index in [9.17, 15) is 8.78 Å². The molecule has 0 radical (unpaired) electrons. The van der Waals surface area contributed by atoms with Gasteiger partial charge in [-0.25, -0.2) is 4.99 Å². The van der Waals surface area contributed by atoms with Crippen molar-refractivity contribution in [3.63, 3.8) is 0 Å². The Bertz CT molecular complexity index is 575. The lowest BCUT2D eigenvalue weighted by atomic mass is 10.2. The van der Waals surface area contributed by atoms with Crippen LogP contribution in [0.15, 0.2) is 23.2 Å². The number of hydrogen-bond donors (Lipinski definition) is 2. The Morgan fingerprint density at radius 2 is 1.96 bits per heavy atom. The molecule has 0 saturated heterocycles. The second-order valence-electron chi connectivity index (χ2n) is 5.88. The highest BCUT2D eigenvalue weighted by atomic mass is 127. The van der Waals surface area contributed by atoms with Gasteiger partial charge in [0.15, 0.2) is 17.5 Å². The fraction of sp³-hybridized carbons (Fsp3) is 0.588. The van der Waals surface area contributed by atoms with Crippen LogP contribution in [0.3, 0.4) is 0 Å². The number of nitrogens with one attached hydrogen (secondary N) is 2. The van der Waals surface area contributed by atoms with Crippen molar-refractivity contribution < 1.29 is 18.3 Å². The lowest BCUT2D eigenvalue weighted by Gasteiger charge is -2.23. The third-order valence-corrected chi connectivity index (χ3v) is 4.69. The van der Waals surface area contributed by atoms with E-state index >= 15 is 0 Å². The predicted octanol–water partition coefficient (Wildman–Crippen LogP) is 4.11. The van der Waals surface area contributed by atoms with Crippen molar-refractivity contribution in [3.8, 4) is 11.5 Å². The Balaban J connectivity index is 0.00000625. The Hall–Kier alpha value is -0.970. The molecule has 1 aromatic carbocycles. The molecule has 0 aliphatic carbocycles. The van der Waals surface area contributed by atoms with Crippen molar-refractivity contribution in [1.82, 2.24) is 10.6 Å². The topological polar surface area (TPSA) is 54.9 Å². The molecule has 0 unspecified atom stereocenters. The Morgan fingerprint density at radius 3 is 2.50 bits per heavy atom. The first-order valence-corrected chi connectivity index (χ1v) is 9.22. The molecular formula is C17H28F2IN3O2S. The summed E-state index contributed by atoms with van der Waals surface area (Å²) in [5.74, 6) is 0.947. The van der Waals surface area contributed by atoms with Gasteiger partial charge in [-0.2, -0.15) is 20.5 Å². The summed E-state index contributed by atoms with van der Waals surface area (Å²) < 4.78 is 34.6. The van der Waals surface area contributed by atoms with E-state index in [1.807, 2.05) is 6.92 Å². The quantitative estimate of drug-likeness (QED) is 0.302. The van der Waals surface area contributed by atoms with Gasteiger partial charge in [-0.1, -0.05) is 6.07 Å². The lowest BCUT2D eigenvalue weighted by Crippen LogP contribution is -2.43. The number of rotatable bonds is 9. The number of halogens is 3. The first-order chi connectivity index (χ1) is 11.8. The summed E-state index contributed by atoms with van der Waals surface area (Å²) in [5, 5.41) is 6.47. The molecule has 2 N–H and O–H groups in total. The smallest absolute Gasteiger partial charge is 0.387 e. The molecule has 0 saturated carbocycles. The number of aliphatic imine (C=N–C) groups is 1. The zero-order chi connectivity index (χ0) is 18.9. The molecule has 0 atom stereocenters. The minimum atomic E-state index is -2.90. The second-order valence-corrected chi connectivity index (χ2v) is 7.39. The van der Waals surface area contributed by atoms with Gasteiger partial charge in [-0.3, -0.25) is 0 Å². The van der Waals surface area contributed by atoms with E-state index in [0.29, 0.717) is 12.5 Å². The van der Waals surface area contributed by atoms with Gasteiger partial charge in [-0.15, -0.1) is 24.0 Å². The summed E-state index contributed by atoms with van der Waals surface area (Å²) in [7, 11) is 1.41. The average Bonchev–Trinajstić information content (AvgIpc) is 2.57. The first kappa shape index (κ1) is 25.0. The van der Waals surface area contributed by atoms with Crippen LogP contribution in [0.1, 0.15) is 26.3 Å². The normalized spacial score (nSPS) is 11.8. The summed E-state index contributed by atoms with van der Waals surface area (Å²) in [5.41, 5.74) is 0.748. The number of ether oxygens (including phenoxy) is 2. The number of methoxy groups -OCH3 is 1. The van der Waals surface area contributed by atoms with Crippen molar-refractivity contribution in [3.05, 3.63) is 23.8 Å². The van der Waals surface area contributed by atoms with Gasteiger partial charge in [0.25, 0.3) is 0 Å². The molecule has 0 aromatic heterocycles. The van der Waals surface area contributed by atoms with Crippen LogP contribution in [0, 0.1) is 0 Å². The van der Waals surface area contributed by atoms with Crippen LogP contribution in [-0.2, 0) is 6.54 Å². The number of nitrogens with zero attached hydrogens (tertiary/aromatic N) is 1. The number of hydrogen-bond acceptors (Lipinski definition) is 4. The summed E-state index contributed by atoms with van der Waals surface area (Å²) in [6, 6.07) is 4.89. The van der Waals surface area contributed by atoms with Crippen LogP contribution in [0.5, 0.6) is 11.5 Å². The molecule has 9 heteroatoms. The SMILES string of the molecule is CCNC(=NCc1ccc(OC)c(OC(F)F)c1)NCC(C)(C)SC.I. The second kappa shape index (κ2) is 12.4. The fourth-order valence-electron chi connectivity index (χ4n) is 1.89.